The first-order valence-corrected chi connectivity index (χ1v) is 6.95. The predicted molar refractivity (Wildman–Crippen MR) is 76.8 cm³/mol. The SMILES string of the molecule is Oc1cccc(C[NH+]2CCN(c3ncccn3)CC2)c1. The Bertz CT molecular complexity index is 553. The average molecular weight is 271 g/mol. The Morgan fingerprint density at radius 1 is 1.10 bits per heavy atom. The molecular formula is C15H19N4O+. The highest BCUT2D eigenvalue weighted by atomic mass is 16.3. The summed E-state index contributed by atoms with van der Waals surface area (Å²) in [7, 11) is 0. The van der Waals surface area contributed by atoms with E-state index in [9.17, 15) is 5.11 Å². The van der Waals surface area contributed by atoms with Crippen molar-refractivity contribution in [1.29, 1.82) is 0 Å². The first-order chi connectivity index (χ1) is 9.81. The number of rotatable bonds is 3. The molecule has 5 heteroatoms. The first-order valence-electron chi connectivity index (χ1n) is 6.95. The molecule has 3 rings (SSSR count). The number of phenolic OH excluding ortho intramolecular Hbond substituents is 1. The third-order valence-corrected chi connectivity index (χ3v) is 3.67. The molecule has 1 fully saturated rings. The highest BCUT2D eigenvalue weighted by Gasteiger charge is 2.21. The van der Waals surface area contributed by atoms with Gasteiger partial charge < -0.3 is 14.9 Å². The third kappa shape index (κ3) is 3.05. The van der Waals surface area contributed by atoms with Crippen LogP contribution in [-0.2, 0) is 6.54 Å². The molecule has 0 amide bonds. The van der Waals surface area contributed by atoms with Crippen LogP contribution in [0.15, 0.2) is 42.7 Å². The maximum absolute atomic E-state index is 9.50. The van der Waals surface area contributed by atoms with Crippen molar-refractivity contribution < 1.29 is 10.0 Å². The molecule has 1 aromatic heterocycles. The van der Waals surface area contributed by atoms with Gasteiger partial charge >= 0.3 is 0 Å². The van der Waals surface area contributed by atoms with Crippen molar-refractivity contribution in [2.45, 2.75) is 6.54 Å². The highest BCUT2D eigenvalue weighted by molar-refractivity contribution is 5.28. The molecule has 0 atom stereocenters. The summed E-state index contributed by atoms with van der Waals surface area (Å²) in [5.74, 6) is 1.17. The van der Waals surface area contributed by atoms with Crippen molar-refractivity contribution >= 4 is 5.95 Å². The number of benzene rings is 1. The number of quaternary nitrogens is 1. The second-order valence-corrected chi connectivity index (χ2v) is 5.13. The van der Waals surface area contributed by atoms with E-state index in [1.807, 2.05) is 18.2 Å². The van der Waals surface area contributed by atoms with Gasteiger partial charge in [-0.2, -0.15) is 0 Å². The number of hydrogen-bond acceptors (Lipinski definition) is 4. The molecule has 2 N–H and O–H groups in total. The topological polar surface area (TPSA) is 53.7 Å². The van der Waals surface area contributed by atoms with E-state index in [1.165, 1.54) is 10.5 Å². The Morgan fingerprint density at radius 3 is 2.55 bits per heavy atom. The van der Waals surface area contributed by atoms with Crippen LogP contribution in [0.5, 0.6) is 5.75 Å². The summed E-state index contributed by atoms with van der Waals surface area (Å²) >= 11 is 0. The molecule has 0 unspecified atom stereocenters. The summed E-state index contributed by atoms with van der Waals surface area (Å²) in [6.07, 6.45) is 3.57. The summed E-state index contributed by atoms with van der Waals surface area (Å²) in [5, 5.41) is 9.50. The van der Waals surface area contributed by atoms with Gasteiger partial charge in [0.1, 0.15) is 12.3 Å². The van der Waals surface area contributed by atoms with Gasteiger partial charge in [0.05, 0.1) is 26.2 Å². The molecule has 1 saturated heterocycles. The minimum atomic E-state index is 0.346. The van der Waals surface area contributed by atoms with Crippen LogP contribution in [0.4, 0.5) is 5.95 Å². The number of hydrogen-bond donors (Lipinski definition) is 2. The Balaban J connectivity index is 1.56. The van der Waals surface area contributed by atoms with Crippen molar-refractivity contribution in [2.24, 2.45) is 0 Å². The Labute approximate surface area is 118 Å². The smallest absolute Gasteiger partial charge is 0.225 e. The second-order valence-electron chi connectivity index (χ2n) is 5.13. The lowest BCUT2D eigenvalue weighted by molar-refractivity contribution is -0.914. The molecule has 0 spiro atoms. The summed E-state index contributed by atoms with van der Waals surface area (Å²) in [4.78, 5) is 12.3. The van der Waals surface area contributed by atoms with E-state index in [0.717, 1.165) is 38.7 Å². The molecule has 0 radical (unpaired) electrons. The molecule has 0 saturated carbocycles. The molecule has 2 aromatic rings. The van der Waals surface area contributed by atoms with Crippen molar-refractivity contribution in [3.63, 3.8) is 0 Å². The van der Waals surface area contributed by atoms with Crippen LogP contribution in [0.2, 0.25) is 0 Å². The van der Waals surface area contributed by atoms with Crippen LogP contribution >= 0.6 is 0 Å². The van der Waals surface area contributed by atoms with Gasteiger partial charge in [0.25, 0.3) is 0 Å². The molecule has 2 heterocycles. The minimum Gasteiger partial charge on any atom is -0.508 e. The summed E-state index contributed by atoms with van der Waals surface area (Å²) < 4.78 is 0. The van der Waals surface area contributed by atoms with Crippen molar-refractivity contribution in [3.05, 3.63) is 48.3 Å². The van der Waals surface area contributed by atoms with Crippen molar-refractivity contribution in [2.75, 3.05) is 31.1 Å². The number of aromatic nitrogens is 2. The van der Waals surface area contributed by atoms with Gasteiger partial charge in [-0.05, 0) is 18.2 Å². The number of phenols is 1. The van der Waals surface area contributed by atoms with E-state index in [1.54, 1.807) is 18.5 Å². The van der Waals surface area contributed by atoms with Crippen molar-refractivity contribution in [1.82, 2.24) is 9.97 Å². The fourth-order valence-corrected chi connectivity index (χ4v) is 2.61. The van der Waals surface area contributed by atoms with Crippen LogP contribution < -0.4 is 9.80 Å². The number of nitrogens with zero attached hydrogens (tertiary/aromatic N) is 3. The Hall–Kier alpha value is -2.14. The van der Waals surface area contributed by atoms with Crippen LogP contribution in [0, 0.1) is 0 Å². The zero-order valence-corrected chi connectivity index (χ0v) is 11.4. The minimum absolute atomic E-state index is 0.346. The number of anilines is 1. The molecule has 1 aliphatic heterocycles. The Morgan fingerprint density at radius 2 is 1.85 bits per heavy atom. The van der Waals surface area contributed by atoms with E-state index in [4.69, 9.17) is 0 Å². The molecular weight excluding hydrogens is 252 g/mol. The fourth-order valence-electron chi connectivity index (χ4n) is 2.61. The number of nitrogens with one attached hydrogen (secondary N) is 1. The summed E-state index contributed by atoms with van der Waals surface area (Å²) in [6.45, 7) is 5.02. The quantitative estimate of drug-likeness (QED) is 0.830. The normalized spacial score (nSPS) is 16.3. The molecule has 0 aliphatic carbocycles. The van der Waals surface area contributed by atoms with Crippen LogP contribution in [0.3, 0.4) is 0 Å². The molecule has 1 aromatic carbocycles. The van der Waals surface area contributed by atoms with Gasteiger partial charge in [-0.1, -0.05) is 12.1 Å². The zero-order valence-electron chi connectivity index (χ0n) is 11.4. The monoisotopic (exact) mass is 271 g/mol. The molecule has 1 aliphatic rings. The summed E-state index contributed by atoms with van der Waals surface area (Å²) in [5.41, 5.74) is 1.18. The highest BCUT2D eigenvalue weighted by Crippen LogP contribution is 2.10. The van der Waals surface area contributed by atoms with Crippen LogP contribution in [-0.4, -0.2) is 41.3 Å². The van der Waals surface area contributed by atoms with Gasteiger partial charge in [0, 0.05) is 18.0 Å². The number of aromatic hydroxyl groups is 1. The fraction of sp³-hybridized carbons (Fsp3) is 0.333. The van der Waals surface area contributed by atoms with Crippen LogP contribution in [0.25, 0.3) is 0 Å². The molecule has 104 valence electrons. The van der Waals surface area contributed by atoms with Gasteiger partial charge in [0.2, 0.25) is 5.95 Å². The third-order valence-electron chi connectivity index (χ3n) is 3.67. The summed E-state index contributed by atoms with van der Waals surface area (Å²) in [6, 6.07) is 9.37. The van der Waals surface area contributed by atoms with E-state index in [2.05, 4.69) is 20.9 Å². The second kappa shape index (κ2) is 5.88. The number of piperazine rings is 1. The van der Waals surface area contributed by atoms with Crippen LogP contribution in [0.1, 0.15) is 5.56 Å². The maximum atomic E-state index is 9.50. The predicted octanol–water partition coefficient (Wildman–Crippen LogP) is 0.0873. The Kier molecular flexibility index (Phi) is 3.78. The lowest BCUT2D eigenvalue weighted by Crippen LogP contribution is -3.13. The van der Waals surface area contributed by atoms with E-state index < -0.39 is 0 Å². The van der Waals surface area contributed by atoms with E-state index >= 15 is 0 Å². The van der Waals surface area contributed by atoms with Crippen molar-refractivity contribution in [3.8, 4) is 5.75 Å². The molecule has 0 bridgehead atoms. The molecule has 5 nitrogen and oxygen atoms in total. The molecule has 20 heavy (non-hydrogen) atoms. The van der Waals surface area contributed by atoms with Gasteiger partial charge in [-0.3, -0.25) is 0 Å². The average Bonchev–Trinajstić information content (AvgIpc) is 2.49. The lowest BCUT2D eigenvalue weighted by Gasteiger charge is -2.32. The van der Waals surface area contributed by atoms with Gasteiger partial charge in [0.15, 0.2) is 0 Å². The van der Waals surface area contributed by atoms with Gasteiger partial charge in [-0.25, -0.2) is 9.97 Å². The largest absolute Gasteiger partial charge is 0.508 e. The maximum Gasteiger partial charge on any atom is 0.225 e. The zero-order chi connectivity index (χ0) is 13.8. The first kappa shape index (κ1) is 12.9. The van der Waals surface area contributed by atoms with Gasteiger partial charge in [-0.15, -0.1) is 0 Å². The standard InChI is InChI=1S/C15H18N4O/c20-14-4-1-3-13(11-14)12-18-7-9-19(10-8-18)15-16-5-2-6-17-15/h1-6,11,20H,7-10,12H2/p+1. The lowest BCUT2D eigenvalue weighted by atomic mass is 10.2. The van der Waals surface area contributed by atoms with E-state index in [0.29, 0.717) is 5.75 Å². The van der Waals surface area contributed by atoms with E-state index in [-0.39, 0.29) is 0 Å².